The average molecular weight is 182 g/mol. The first kappa shape index (κ1) is 9.16. The molecule has 0 bridgehead atoms. The normalized spacial score (nSPS) is 32.0. The van der Waals surface area contributed by atoms with Gasteiger partial charge in [0, 0.05) is 38.5 Å². The molecule has 2 saturated heterocycles. The first-order chi connectivity index (χ1) is 6.36. The summed E-state index contributed by atoms with van der Waals surface area (Å²) in [5.74, 6) is 0.444. The molecule has 0 amide bonds. The molecule has 3 nitrogen and oxygen atoms in total. The number of hydrogen-bond acceptors (Lipinski definition) is 3. The summed E-state index contributed by atoms with van der Waals surface area (Å²) >= 11 is 0. The van der Waals surface area contributed by atoms with Gasteiger partial charge < -0.3 is 5.32 Å². The molecule has 0 aromatic heterocycles. The van der Waals surface area contributed by atoms with Crippen LogP contribution in [-0.4, -0.2) is 42.9 Å². The van der Waals surface area contributed by atoms with Crippen molar-refractivity contribution < 1.29 is 4.79 Å². The Morgan fingerprint density at radius 3 is 2.69 bits per heavy atom. The van der Waals surface area contributed by atoms with Gasteiger partial charge in [0.05, 0.1) is 0 Å². The van der Waals surface area contributed by atoms with Crippen molar-refractivity contribution in [1.82, 2.24) is 10.2 Å². The van der Waals surface area contributed by atoms with Crippen molar-refractivity contribution in [3.8, 4) is 0 Å². The van der Waals surface area contributed by atoms with Gasteiger partial charge in [0.2, 0.25) is 0 Å². The van der Waals surface area contributed by atoms with Crippen molar-refractivity contribution in [2.24, 2.45) is 0 Å². The smallest absolute Gasteiger partial charge is 0.135 e. The van der Waals surface area contributed by atoms with Crippen molar-refractivity contribution in [2.45, 2.75) is 31.7 Å². The van der Waals surface area contributed by atoms with Gasteiger partial charge in [-0.05, 0) is 19.4 Å². The van der Waals surface area contributed by atoms with E-state index in [2.05, 4.69) is 10.2 Å². The molecule has 0 aromatic carbocycles. The number of rotatable bonds is 1. The Kier molecular flexibility index (Phi) is 2.96. The van der Waals surface area contributed by atoms with Crippen LogP contribution < -0.4 is 5.32 Å². The quantitative estimate of drug-likeness (QED) is 0.637. The Bertz CT molecular complexity index is 177. The predicted molar refractivity (Wildman–Crippen MR) is 51.7 cm³/mol. The van der Waals surface area contributed by atoms with E-state index in [4.69, 9.17) is 0 Å². The first-order valence-corrected chi connectivity index (χ1v) is 5.33. The summed E-state index contributed by atoms with van der Waals surface area (Å²) in [5, 5.41) is 3.42. The Balaban J connectivity index is 1.82. The summed E-state index contributed by atoms with van der Waals surface area (Å²) in [5.41, 5.74) is 0. The number of hydrogen-bond donors (Lipinski definition) is 1. The zero-order valence-corrected chi connectivity index (χ0v) is 8.09. The van der Waals surface area contributed by atoms with Crippen LogP contribution in [0.4, 0.5) is 0 Å². The van der Waals surface area contributed by atoms with Crippen LogP contribution >= 0.6 is 0 Å². The van der Waals surface area contributed by atoms with E-state index in [1.54, 1.807) is 0 Å². The predicted octanol–water partition coefficient (Wildman–Crippen LogP) is 0.403. The molecule has 13 heavy (non-hydrogen) atoms. The average Bonchev–Trinajstić information content (AvgIpc) is 2.20. The number of carbonyl (C=O) groups is 1. The molecule has 1 unspecified atom stereocenters. The molecule has 1 atom stereocenters. The molecule has 0 aliphatic carbocycles. The summed E-state index contributed by atoms with van der Waals surface area (Å²) in [6.07, 6.45) is 4.14. The Morgan fingerprint density at radius 1 is 1.31 bits per heavy atom. The number of piperidine rings is 2. The van der Waals surface area contributed by atoms with E-state index in [0.717, 1.165) is 32.5 Å². The molecule has 2 aliphatic heterocycles. The molecule has 0 aromatic rings. The molecular formula is C10H18N2O. The van der Waals surface area contributed by atoms with E-state index in [9.17, 15) is 4.79 Å². The van der Waals surface area contributed by atoms with E-state index >= 15 is 0 Å². The van der Waals surface area contributed by atoms with Gasteiger partial charge in [-0.15, -0.1) is 0 Å². The van der Waals surface area contributed by atoms with E-state index < -0.39 is 0 Å². The second-order valence-corrected chi connectivity index (χ2v) is 4.07. The highest BCUT2D eigenvalue weighted by Crippen LogP contribution is 2.15. The lowest BCUT2D eigenvalue weighted by Crippen LogP contribution is -2.49. The monoisotopic (exact) mass is 182 g/mol. The maximum atomic E-state index is 11.0. The summed E-state index contributed by atoms with van der Waals surface area (Å²) in [6.45, 7) is 4.27. The van der Waals surface area contributed by atoms with Gasteiger partial charge in [0.1, 0.15) is 5.78 Å². The molecule has 74 valence electrons. The lowest BCUT2D eigenvalue weighted by molar-refractivity contribution is -0.122. The summed E-state index contributed by atoms with van der Waals surface area (Å²) < 4.78 is 0. The molecule has 2 aliphatic rings. The number of likely N-dealkylation sites (tertiary alicyclic amines) is 1. The number of nitrogens with zero attached hydrogens (tertiary/aromatic N) is 1. The molecule has 1 N–H and O–H groups in total. The standard InChI is InChI=1S/C10H18N2O/c13-10-3-6-12(7-4-10)9-2-1-5-11-8-9/h9,11H,1-8H2. The maximum Gasteiger partial charge on any atom is 0.135 e. The summed E-state index contributed by atoms with van der Waals surface area (Å²) in [4.78, 5) is 13.5. The van der Waals surface area contributed by atoms with E-state index in [-0.39, 0.29) is 0 Å². The van der Waals surface area contributed by atoms with Gasteiger partial charge >= 0.3 is 0 Å². The maximum absolute atomic E-state index is 11.0. The second-order valence-electron chi connectivity index (χ2n) is 4.07. The van der Waals surface area contributed by atoms with Gasteiger partial charge in [-0.3, -0.25) is 9.69 Å². The SMILES string of the molecule is O=C1CCN(C2CCCNC2)CC1. The number of carbonyl (C=O) groups excluding carboxylic acids is 1. The summed E-state index contributed by atoms with van der Waals surface area (Å²) in [7, 11) is 0. The molecule has 3 heteroatoms. The minimum Gasteiger partial charge on any atom is -0.315 e. The lowest BCUT2D eigenvalue weighted by atomic mass is 10.0. The molecule has 2 heterocycles. The van der Waals surface area contributed by atoms with Crippen LogP contribution in [-0.2, 0) is 4.79 Å². The van der Waals surface area contributed by atoms with Gasteiger partial charge in [-0.2, -0.15) is 0 Å². The van der Waals surface area contributed by atoms with Gasteiger partial charge in [0.15, 0.2) is 0 Å². The van der Waals surface area contributed by atoms with E-state index in [0.29, 0.717) is 11.8 Å². The van der Waals surface area contributed by atoms with Gasteiger partial charge in [-0.1, -0.05) is 0 Å². The van der Waals surface area contributed by atoms with Crippen LogP contribution in [0, 0.1) is 0 Å². The minimum atomic E-state index is 0.444. The fourth-order valence-corrected chi connectivity index (χ4v) is 2.28. The molecular weight excluding hydrogens is 164 g/mol. The topological polar surface area (TPSA) is 32.3 Å². The first-order valence-electron chi connectivity index (χ1n) is 5.33. The molecule has 0 radical (unpaired) electrons. The van der Waals surface area contributed by atoms with Crippen LogP contribution in [0.1, 0.15) is 25.7 Å². The largest absolute Gasteiger partial charge is 0.315 e. The molecule has 0 saturated carbocycles. The Hall–Kier alpha value is -0.410. The molecule has 2 fully saturated rings. The molecule has 2 rings (SSSR count). The Labute approximate surface area is 79.5 Å². The zero-order valence-electron chi connectivity index (χ0n) is 8.09. The van der Waals surface area contributed by atoms with E-state index in [1.807, 2.05) is 0 Å². The zero-order chi connectivity index (χ0) is 9.10. The van der Waals surface area contributed by atoms with Crippen LogP contribution in [0.3, 0.4) is 0 Å². The van der Waals surface area contributed by atoms with Crippen molar-refractivity contribution in [3.63, 3.8) is 0 Å². The van der Waals surface area contributed by atoms with Crippen molar-refractivity contribution in [2.75, 3.05) is 26.2 Å². The van der Waals surface area contributed by atoms with Crippen LogP contribution in [0.5, 0.6) is 0 Å². The second kappa shape index (κ2) is 4.20. The number of ketones is 1. The summed E-state index contributed by atoms with van der Waals surface area (Å²) in [6, 6.07) is 0.696. The van der Waals surface area contributed by atoms with Crippen LogP contribution in [0.25, 0.3) is 0 Å². The molecule has 0 spiro atoms. The fourth-order valence-electron chi connectivity index (χ4n) is 2.28. The third-order valence-corrected chi connectivity index (χ3v) is 3.14. The third kappa shape index (κ3) is 2.29. The van der Waals surface area contributed by atoms with Crippen molar-refractivity contribution in [1.29, 1.82) is 0 Å². The van der Waals surface area contributed by atoms with E-state index in [1.165, 1.54) is 19.4 Å². The van der Waals surface area contributed by atoms with Crippen molar-refractivity contribution in [3.05, 3.63) is 0 Å². The fraction of sp³-hybridized carbons (Fsp3) is 0.900. The Morgan fingerprint density at radius 2 is 2.08 bits per heavy atom. The highest BCUT2D eigenvalue weighted by Gasteiger charge is 2.24. The third-order valence-electron chi connectivity index (χ3n) is 3.14. The van der Waals surface area contributed by atoms with Crippen molar-refractivity contribution >= 4 is 5.78 Å². The van der Waals surface area contributed by atoms with Gasteiger partial charge in [0.25, 0.3) is 0 Å². The lowest BCUT2D eigenvalue weighted by Gasteiger charge is -2.36. The highest BCUT2D eigenvalue weighted by atomic mass is 16.1. The minimum absolute atomic E-state index is 0.444. The van der Waals surface area contributed by atoms with Crippen LogP contribution in [0.2, 0.25) is 0 Å². The number of nitrogens with one attached hydrogen (secondary N) is 1. The highest BCUT2D eigenvalue weighted by molar-refractivity contribution is 5.79. The van der Waals surface area contributed by atoms with Gasteiger partial charge in [-0.25, -0.2) is 0 Å². The number of Topliss-reactive ketones (excluding diaryl/α,β-unsaturated/α-hetero) is 1. The van der Waals surface area contributed by atoms with Crippen LogP contribution in [0.15, 0.2) is 0 Å².